The Hall–Kier alpha value is -3.15. The molecule has 2 aromatic carbocycles. The number of carbonyl (C=O) groups is 1. The van der Waals surface area contributed by atoms with Gasteiger partial charge in [0.25, 0.3) is 5.91 Å². The fourth-order valence-corrected chi connectivity index (χ4v) is 2.93. The van der Waals surface area contributed by atoms with Crippen molar-refractivity contribution < 1.29 is 18.3 Å². The van der Waals surface area contributed by atoms with E-state index in [1.54, 1.807) is 18.2 Å². The lowest BCUT2D eigenvalue weighted by Gasteiger charge is -2.12. The monoisotopic (exact) mass is 356 g/mol. The van der Waals surface area contributed by atoms with E-state index >= 15 is 0 Å². The van der Waals surface area contributed by atoms with Gasteiger partial charge in [-0.2, -0.15) is 8.78 Å². The quantitative estimate of drug-likeness (QED) is 0.703. The molecule has 1 amide bonds. The van der Waals surface area contributed by atoms with E-state index in [-0.39, 0.29) is 17.3 Å². The zero-order chi connectivity index (χ0) is 18.7. The largest absolute Gasteiger partial charge is 0.433 e. The molecule has 1 heterocycles. The van der Waals surface area contributed by atoms with Crippen LogP contribution in [0.15, 0.2) is 60.7 Å². The molecule has 0 bridgehead atoms. The van der Waals surface area contributed by atoms with Gasteiger partial charge in [0.2, 0.25) is 0 Å². The summed E-state index contributed by atoms with van der Waals surface area (Å²) in [5.74, 6) is -0.460. The third-order valence-electron chi connectivity index (χ3n) is 4.04. The average Bonchev–Trinajstić information content (AvgIpc) is 2.91. The summed E-state index contributed by atoms with van der Waals surface area (Å²) in [4.78, 5) is 12.7. The van der Waals surface area contributed by atoms with Gasteiger partial charge in [0.1, 0.15) is 5.75 Å². The Bertz CT molecular complexity index is 921. The van der Waals surface area contributed by atoms with Crippen molar-refractivity contribution in [3.05, 3.63) is 77.6 Å². The molecule has 0 saturated carbocycles. The highest BCUT2D eigenvalue weighted by Crippen LogP contribution is 2.27. The van der Waals surface area contributed by atoms with Gasteiger partial charge in [-0.25, -0.2) is 0 Å². The van der Waals surface area contributed by atoms with Crippen LogP contribution in [0, 0.1) is 13.8 Å². The number of halogens is 2. The molecule has 3 rings (SSSR count). The van der Waals surface area contributed by atoms with Crippen molar-refractivity contribution in [3.8, 4) is 11.4 Å². The summed E-state index contributed by atoms with van der Waals surface area (Å²) < 4.78 is 31.5. The van der Waals surface area contributed by atoms with Gasteiger partial charge in [0, 0.05) is 17.1 Å². The Balaban J connectivity index is 1.91. The molecule has 0 radical (unpaired) electrons. The van der Waals surface area contributed by atoms with Crippen LogP contribution in [0.2, 0.25) is 0 Å². The normalized spacial score (nSPS) is 10.8. The maximum Gasteiger partial charge on any atom is 0.387 e. The summed E-state index contributed by atoms with van der Waals surface area (Å²) in [7, 11) is 0. The third-order valence-corrected chi connectivity index (χ3v) is 4.04. The zero-order valence-electron chi connectivity index (χ0n) is 14.4. The molecule has 26 heavy (non-hydrogen) atoms. The van der Waals surface area contributed by atoms with Gasteiger partial charge in [0.15, 0.2) is 0 Å². The van der Waals surface area contributed by atoms with Gasteiger partial charge in [-0.3, -0.25) is 4.79 Å². The molecule has 134 valence electrons. The van der Waals surface area contributed by atoms with E-state index in [9.17, 15) is 13.6 Å². The number of nitrogens with zero attached hydrogens (tertiary/aromatic N) is 1. The minimum atomic E-state index is -2.96. The highest BCUT2D eigenvalue weighted by molar-refractivity contribution is 6.06. The minimum Gasteiger partial charge on any atom is -0.433 e. The Morgan fingerprint density at radius 3 is 2.38 bits per heavy atom. The van der Waals surface area contributed by atoms with E-state index in [2.05, 4.69) is 10.1 Å². The second kappa shape index (κ2) is 7.39. The number of nitrogens with one attached hydrogen (secondary N) is 1. The first-order chi connectivity index (χ1) is 12.5. The molecule has 1 aromatic heterocycles. The molecule has 0 aliphatic carbocycles. The number of alkyl halides is 2. The van der Waals surface area contributed by atoms with E-state index in [0.717, 1.165) is 17.1 Å². The molecule has 0 fully saturated rings. The van der Waals surface area contributed by atoms with Crippen molar-refractivity contribution in [2.24, 2.45) is 0 Å². The van der Waals surface area contributed by atoms with Crippen LogP contribution in [0.25, 0.3) is 5.69 Å². The Morgan fingerprint density at radius 2 is 1.69 bits per heavy atom. The number of aryl methyl sites for hydroxylation is 1. The molecule has 4 nitrogen and oxygen atoms in total. The lowest BCUT2D eigenvalue weighted by atomic mass is 10.2. The van der Waals surface area contributed by atoms with Crippen molar-refractivity contribution in [1.29, 1.82) is 0 Å². The van der Waals surface area contributed by atoms with Crippen molar-refractivity contribution in [2.45, 2.75) is 20.5 Å². The van der Waals surface area contributed by atoms with E-state index in [1.807, 2.05) is 48.7 Å². The standard InChI is InChI=1S/C20H18F2N2O2/c1-13-12-16(14(2)24(13)15-8-4-3-5-9-15)19(25)23-17-10-6-7-11-18(17)26-20(21)22/h3-12,20H,1-2H3,(H,23,25). The maximum absolute atomic E-state index is 12.7. The maximum atomic E-state index is 12.7. The van der Waals surface area contributed by atoms with Gasteiger partial charge in [-0.1, -0.05) is 30.3 Å². The van der Waals surface area contributed by atoms with Gasteiger partial charge < -0.3 is 14.6 Å². The summed E-state index contributed by atoms with van der Waals surface area (Å²) in [6.07, 6.45) is 0. The number of benzene rings is 2. The Morgan fingerprint density at radius 1 is 1.04 bits per heavy atom. The van der Waals surface area contributed by atoms with E-state index < -0.39 is 6.61 Å². The van der Waals surface area contributed by atoms with Crippen LogP contribution >= 0.6 is 0 Å². The summed E-state index contributed by atoms with van der Waals surface area (Å²) in [6.45, 7) is 0.789. The topological polar surface area (TPSA) is 43.3 Å². The van der Waals surface area contributed by atoms with Crippen LogP contribution in [0.4, 0.5) is 14.5 Å². The SMILES string of the molecule is Cc1cc(C(=O)Nc2ccccc2OC(F)F)c(C)n1-c1ccccc1. The third kappa shape index (κ3) is 3.59. The summed E-state index contributed by atoms with van der Waals surface area (Å²) in [5, 5.41) is 2.65. The number of hydrogen-bond donors (Lipinski definition) is 1. The first-order valence-corrected chi connectivity index (χ1v) is 8.07. The van der Waals surface area contributed by atoms with E-state index in [4.69, 9.17) is 0 Å². The molecule has 6 heteroatoms. The van der Waals surface area contributed by atoms with Crippen LogP contribution in [-0.2, 0) is 0 Å². The molecular weight excluding hydrogens is 338 g/mol. The number of amides is 1. The van der Waals surface area contributed by atoms with Gasteiger partial charge >= 0.3 is 6.61 Å². The lowest BCUT2D eigenvalue weighted by molar-refractivity contribution is -0.0493. The van der Waals surface area contributed by atoms with Crippen molar-refractivity contribution in [3.63, 3.8) is 0 Å². The fourth-order valence-electron chi connectivity index (χ4n) is 2.93. The number of carbonyl (C=O) groups excluding carboxylic acids is 1. The Labute approximate surface area is 150 Å². The highest BCUT2D eigenvalue weighted by atomic mass is 19.3. The van der Waals surface area contributed by atoms with E-state index in [1.165, 1.54) is 12.1 Å². The number of rotatable bonds is 5. The molecule has 1 N–H and O–H groups in total. The molecule has 3 aromatic rings. The first kappa shape index (κ1) is 17.7. The van der Waals surface area contributed by atoms with Crippen LogP contribution in [0.5, 0.6) is 5.75 Å². The summed E-state index contributed by atoms with van der Waals surface area (Å²) in [5.41, 5.74) is 3.28. The predicted octanol–water partition coefficient (Wildman–Crippen LogP) is 4.95. The molecule has 0 atom stereocenters. The highest BCUT2D eigenvalue weighted by Gasteiger charge is 2.18. The van der Waals surface area contributed by atoms with Gasteiger partial charge in [-0.05, 0) is 44.2 Å². The minimum absolute atomic E-state index is 0.0762. The number of para-hydroxylation sites is 3. The van der Waals surface area contributed by atoms with Crippen molar-refractivity contribution in [2.75, 3.05) is 5.32 Å². The average molecular weight is 356 g/mol. The predicted molar refractivity (Wildman–Crippen MR) is 96.3 cm³/mol. The molecular formula is C20H18F2N2O2. The molecule has 0 spiro atoms. The molecule has 0 aliphatic rings. The van der Waals surface area contributed by atoms with Crippen molar-refractivity contribution in [1.82, 2.24) is 4.57 Å². The number of aromatic nitrogens is 1. The van der Waals surface area contributed by atoms with Crippen LogP contribution in [0.3, 0.4) is 0 Å². The van der Waals surface area contributed by atoms with Crippen LogP contribution in [-0.4, -0.2) is 17.1 Å². The van der Waals surface area contributed by atoms with Crippen LogP contribution < -0.4 is 10.1 Å². The second-order valence-electron chi connectivity index (χ2n) is 5.78. The smallest absolute Gasteiger partial charge is 0.387 e. The number of ether oxygens (including phenoxy) is 1. The zero-order valence-corrected chi connectivity index (χ0v) is 14.4. The molecule has 0 saturated heterocycles. The van der Waals surface area contributed by atoms with Crippen molar-refractivity contribution >= 4 is 11.6 Å². The van der Waals surface area contributed by atoms with Crippen LogP contribution in [0.1, 0.15) is 21.7 Å². The summed E-state index contributed by atoms with van der Waals surface area (Å²) >= 11 is 0. The summed E-state index contributed by atoms with van der Waals surface area (Å²) in [6, 6.07) is 17.6. The molecule has 0 aliphatic heterocycles. The number of hydrogen-bond acceptors (Lipinski definition) is 2. The first-order valence-electron chi connectivity index (χ1n) is 8.07. The second-order valence-corrected chi connectivity index (χ2v) is 5.78. The Kier molecular flexibility index (Phi) is 5.02. The fraction of sp³-hybridized carbons (Fsp3) is 0.150. The van der Waals surface area contributed by atoms with E-state index in [0.29, 0.717) is 5.56 Å². The lowest BCUT2D eigenvalue weighted by Crippen LogP contribution is -2.14. The number of anilines is 1. The van der Waals surface area contributed by atoms with Gasteiger partial charge in [-0.15, -0.1) is 0 Å². The van der Waals surface area contributed by atoms with Gasteiger partial charge in [0.05, 0.1) is 11.3 Å². The molecule has 0 unspecified atom stereocenters.